The van der Waals surface area contributed by atoms with E-state index < -0.39 is 41.1 Å². The molecule has 11 heteroatoms. The van der Waals surface area contributed by atoms with Gasteiger partial charge in [0.05, 0.1) is 22.8 Å². The highest BCUT2D eigenvalue weighted by Crippen LogP contribution is 2.36. The van der Waals surface area contributed by atoms with Gasteiger partial charge in [0.25, 0.3) is 5.91 Å². The second-order valence-corrected chi connectivity index (χ2v) is 7.58. The largest absolute Gasteiger partial charge is 0.433 e. The smallest absolute Gasteiger partial charge is 0.365 e. The molecule has 1 saturated heterocycles. The average Bonchev–Trinajstić information content (AvgIpc) is 2.73. The summed E-state index contributed by atoms with van der Waals surface area (Å²) in [5, 5.41) is 8.97. The van der Waals surface area contributed by atoms with Gasteiger partial charge in [-0.2, -0.15) is 31.6 Å². The molecule has 3 rings (SSSR count). The van der Waals surface area contributed by atoms with Crippen molar-refractivity contribution < 1.29 is 31.1 Å². The van der Waals surface area contributed by atoms with Crippen molar-refractivity contribution in [1.29, 1.82) is 5.26 Å². The van der Waals surface area contributed by atoms with Gasteiger partial charge >= 0.3 is 12.4 Å². The first-order valence-corrected chi connectivity index (χ1v) is 9.55. The van der Waals surface area contributed by atoms with Crippen molar-refractivity contribution in [3.63, 3.8) is 0 Å². The summed E-state index contributed by atoms with van der Waals surface area (Å²) in [7, 11) is 0. The van der Waals surface area contributed by atoms with E-state index in [9.17, 15) is 31.1 Å². The summed E-state index contributed by atoms with van der Waals surface area (Å²) in [6, 6.07) is 5.95. The van der Waals surface area contributed by atoms with E-state index in [0.717, 1.165) is 30.5 Å². The van der Waals surface area contributed by atoms with E-state index in [0.29, 0.717) is 0 Å². The summed E-state index contributed by atoms with van der Waals surface area (Å²) in [6.45, 7) is 3.76. The highest BCUT2D eigenvalue weighted by atomic mass is 19.4. The van der Waals surface area contributed by atoms with Gasteiger partial charge in [0.15, 0.2) is 0 Å². The predicted octanol–water partition coefficient (Wildman–Crippen LogP) is 4.73. The standard InChI is InChI=1S/C21H18F6N4O/c1-12-11-31(19(32)15-4-6-18(29-9-15)21(25,26)27)13(2)10-30(12)16-5-3-14(8-28)17(7-16)20(22,23)24/h3-7,9,12-13H,10-11H2,1-2H3/t12-,13+/m0/s1. The summed E-state index contributed by atoms with van der Waals surface area (Å²) in [4.78, 5) is 19.3. The summed E-state index contributed by atoms with van der Waals surface area (Å²) < 4.78 is 78.0. The van der Waals surface area contributed by atoms with Crippen molar-refractivity contribution in [2.24, 2.45) is 0 Å². The number of rotatable bonds is 2. The van der Waals surface area contributed by atoms with Crippen LogP contribution in [0.15, 0.2) is 36.5 Å². The third-order valence-electron chi connectivity index (χ3n) is 5.31. The van der Waals surface area contributed by atoms with Crippen molar-refractivity contribution in [3.8, 4) is 6.07 Å². The summed E-state index contributed by atoms with van der Waals surface area (Å²) in [5.41, 5.74) is -2.37. The van der Waals surface area contributed by atoms with E-state index in [1.54, 1.807) is 18.7 Å². The normalized spacial score (nSPS) is 19.6. The first-order chi connectivity index (χ1) is 14.8. The lowest BCUT2D eigenvalue weighted by Crippen LogP contribution is -2.58. The van der Waals surface area contributed by atoms with Crippen LogP contribution in [0, 0.1) is 11.3 Å². The maximum Gasteiger partial charge on any atom is 0.433 e. The lowest BCUT2D eigenvalue weighted by Gasteiger charge is -2.45. The van der Waals surface area contributed by atoms with Gasteiger partial charge in [-0.25, -0.2) is 0 Å². The zero-order chi connectivity index (χ0) is 23.8. The number of nitrogens with zero attached hydrogens (tertiary/aromatic N) is 4. The van der Waals surface area contributed by atoms with Crippen molar-refractivity contribution in [2.45, 2.75) is 38.3 Å². The van der Waals surface area contributed by atoms with E-state index in [2.05, 4.69) is 4.98 Å². The first kappa shape index (κ1) is 23.4. The second kappa shape index (κ2) is 8.33. The minimum atomic E-state index is -4.69. The molecule has 0 spiro atoms. The van der Waals surface area contributed by atoms with Crippen LogP contribution in [0.2, 0.25) is 0 Å². The second-order valence-electron chi connectivity index (χ2n) is 7.58. The zero-order valence-electron chi connectivity index (χ0n) is 17.0. The molecule has 170 valence electrons. The number of piperazine rings is 1. The Labute approximate surface area is 179 Å². The maximum atomic E-state index is 13.3. The van der Waals surface area contributed by atoms with Crippen LogP contribution in [0.1, 0.15) is 41.0 Å². The van der Waals surface area contributed by atoms with Gasteiger partial charge in [-0.3, -0.25) is 9.78 Å². The van der Waals surface area contributed by atoms with Crippen molar-refractivity contribution in [2.75, 3.05) is 18.0 Å². The average molecular weight is 456 g/mol. The SMILES string of the molecule is C[C@@H]1CN(c2ccc(C#N)c(C(F)(F)F)c2)[C@@H](C)CN1C(=O)c1ccc(C(F)(F)F)nc1. The molecule has 0 unspecified atom stereocenters. The number of nitriles is 1. The lowest BCUT2D eigenvalue weighted by molar-refractivity contribution is -0.141. The molecular formula is C21H18F6N4O. The van der Waals surface area contributed by atoms with Gasteiger partial charge < -0.3 is 9.80 Å². The van der Waals surface area contributed by atoms with E-state index in [1.165, 1.54) is 17.0 Å². The fourth-order valence-electron chi connectivity index (χ4n) is 3.67. The molecule has 0 aliphatic carbocycles. The van der Waals surface area contributed by atoms with E-state index in [1.807, 2.05) is 0 Å². The molecule has 1 fully saturated rings. The van der Waals surface area contributed by atoms with Crippen LogP contribution in [0.5, 0.6) is 0 Å². The predicted molar refractivity (Wildman–Crippen MR) is 103 cm³/mol. The monoisotopic (exact) mass is 456 g/mol. The Balaban J connectivity index is 1.81. The lowest BCUT2D eigenvalue weighted by atomic mass is 10.0. The van der Waals surface area contributed by atoms with Crippen LogP contribution in [0.25, 0.3) is 0 Å². The van der Waals surface area contributed by atoms with Gasteiger partial charge in [-0.1, -0.05) is 0 Å². The van der Waals surface area contributed by atoms with Crippen molar-refractivity contribution in [3.05, 3.63) is 58.9 Å². The Bertz CT molecular complexity index is 1040. The van der Waals surface area contributed by atoms with Crippen LogP contribution >= 0.6 is 0 Å². The van der Waals surface area contributed by atoms with Gasteiger partial charge in [0.1, 0.15) is 5.69 Å². The Kier molecular flexibility index (Phi) is 6.09. The number of aromatic nitrogens is 1. The molecule has 0 radical (unpaired) electrons. The number of hydrogen-bond acceptors (Lipinski definition) is 4. The molecule has 0 bridgehead atoms. The quantitative estimate of drug-likeness (QED) is 0.613. The number of benzene rings is 1. The number of alkyl halides is 6. The fourth-order valence-corrected chi connectivity index (χ4v) is 3.67. The summed E-state index contributed by atoms with van der Waals surface area (Å²) >= 11 is 0. The molecule has 2 aromatic rings. The van der Waals surface area contributed by atoms with E-state index >= 15 is 0 Å². The van der Waals surface area contributed by atoms with Gasteiger partial charge in [0, 0.05) is 37.1 Å². The van der Waals surface area contributed by atoms with Gasteiger partial charge in [-0.15, -0.1) is 0 Å². The molecule has 2 atom stereocenters. The minimum Gasteiger partial charge on any atom is -0.365 e. The third-order valence-corrected chi connectivity index (χ3v) is 5.31. The molecule has 1 aliphatic rings. The first-order valence-electron chi connectivity index (χ1n) is 9.55. The highest BCUT2D eigenvalue weighted by molar-refractivity contribution is 5.94. The molecule has 0 saturated carbocycles. The van der Waals surface area contributed by atoms with Crippen molar-refractivity contribution in [1.82, 2.24) is 9.88 Å². The van der Waals surface area contributed by atoms with E-state index in [4.69, 9.17) is 5.26 Å². The molecule has 1 aliphatic heterocycles. The number of anilines is 1. The number of halogens is 6. The van der Waals surface area contributed by atoms with Crippen LogP contribution in [-0.4, -0.2) is 41.0 Å². The number of carbonyl (C=O) groups excluding carboxylic acids is 1. The fraction of sp³-hybridized carbons (Fsp3) is 0.381. The Morgan fingerprint density at radius 2 is 1.72 bits per heavy atom. The van der Waals surface area contributed by atoms with E-state index in [-0.39, 0.29) is 30.4 Å². The Morgan fingerprint density at radius 1 is 1.03 bits per heavy atom. The summed E-state index contributed by atoms with van der Waals surface area (Å²) in [6.07, 6.45) is -8.44. The molecule has 1 aromatic heterocycles. The van der Waals surface area contributed by atoms with Crippen LogP contribution < -0.4 is 4.90 Å². The number of pyridine rings is 1. The van der Waals surface area contributed by atoms with Crippen LogP contribution in [-0.2, 0) is 12.4 Å². The van der Waals surface area contributed by atoms with Crippen molar-refractivity contribution >= 4 is 11.6 Å². The molecule has 2 heterocycles. The van der Waals surface area contributed by atoms with Crippen LogP contribution in [0.4, 0.5) is 32.0 Å². The van der Waals surface area contributed by atoms with Crippen LogP contribution in [0.3, 0.4) is 0 Å². The number of hydrogen-bond donors (Lipinski definition) is 0. The molecule has 0 N–H and O–H groups in total. The topological polar surface area (TPSA) is 60.2 Å². The Morgan fingerprint density at radius 3 is 2.25 bits per heavy atom. The summed E-state index contributed by atoms with van der Waals surface area (Å²) in [5.74, 6) is -0.513. The van der Waals surface area contributed by atoms with Gasteiger partial charge in [0.2, 0.25) is 0 Å². The molecule has 1 amide bonds. The molecule has 32 heavy (non-hydrogen) atoms. The minimum absolute atomic E-state index is 0.0109. The maximum absolute atomic E-state index is 13.3. The zero-order valence-corrected chi connectivity index (χ0v) is 17.0. The third kappa shape index (κ3) is 4.64. The number of carbonyl (C=O) groups is 1. The number of amides is 1. The Hall–Kier alpha value is -3.29. The molecule has 5 nitrogen and oxygen atoms in total. The van der Waals surface area contributed by atoms with Gasteiger partial charge in [-0.05, 0) is 44.2 Å². The molecule has 1 aromatic carbocycles. The highest BCUT2D eigenvalue weighted by Gasteiger charge is 2.37. The molecular weight excluding hydrogens is 438 g/mol.